The molecule has 23 heavy (non-hydrogen) atoms. The first-order valence-electron chi connectivity index (χ1n) is 8.97. The van der Waals surface area contributed by atoms with Crippen LogP contribution in [0.3, 0.4) is 0 Å². The van der Waals surface area contributed by atoms with Crippen molar-refractivity contribution in [1.29, 1.82) is 0 Å². The summed E-state index contributed by atoms with van der Waals surface area (Å²) in [6, 6.07) is 8.50. The molecular weight excluding hydrogens is 286 g/mol. The maximum Gasteiger partial charge on any atom is 0.191 e. The highest BCUT2D eigenvalue weighted by Gasteiger charge is 2.14. The molecule has 0 bridgehead atoms. The summed E-state index contributed by atoms with van der Waals surface area (Å²) in [6.07, 6.45) is 6.68. The Morgan fingerprint density at radius 1 is 1.26 bits per heavy atom. The van der Waals surface area contributed by atoms with Gasteiger partial charge in [0.05, 0.1) is 12.6 Å². The van der Waals surface area contributed by atoms with Crippen LogP contribution in [-0.4, -0.2) is 31.8 Å². The Labute approximate surface area is 140 Å². The standard InChI is InChI=1S/C19H31N3O/c1-3-20-19(22-15-17-9-6-8-16(2)14-17)21-12-7-13-23-18-10-4-5-11-18/h6,8-9,14,18H,3-5,7,10-13,15H2,1-2H3,(H2,20,21,22). The van der Waals surface area contributed by atoms with E-state index in [0.29, 0.717) is 12.6 Å². The zero-order valence-corrected chi connectivity index (χ0v) is 14.6. The summed E-state index contributed by atoms with van der Waals surface area (Å²) in [7, 11) is 0. The molecule has 2 rings (SSSR count). The lowest BCUT2D eigenvalue weighted by molar-refractivity contribution is 0.0574. The second-order valence-electron chi connectivity index (χ2n) is 6.24. The summed E-state index contributed by atoms with van der Waals surface area (Å²) in [5.41, 5.74) is 2.52. The van der Waals surface area contributed by atoms with Crippen molar-refractivity contribution in [3.05, 3.63) is 35.4 Å². The number of benzene rings is 1. The number of aryl methyl sites for hydroxylation is 1. The molecule has 0 saturated heterocycles. The molecule has 0 radical (unpaired) electrons. The lowest BCUT2D eigenvalue weighted by Crippen LogP contribution is -2.38. The summed E-state index contributed by atoms with van der Waals surface area (Å²) in [6.45, 7) is 7.52. The molecule has 4 heteroatoms. The molecule has 0 aromatic heterocycles. The summed E-state index contributed by atoms with van der Waals surface area (Å²) in [4.78, 5) is 4.65. The van der Waals surface area contributed by atoms with E-state index in [1.165, 1.54) is 36.8 Å². The SMILES string of the molecule is CCNC(=NCc1cccc(C)c1)NCCCOC1CCCC1. The number of aliphatic imine (C=N–C) groups is 1. The molecule has 1 aliphatic rings. The average molecular weight is 317 g/mol. The highest BCUT2D eigenvalue weighted by Crippen LogP contribution is 2.20. The molecule has 0 atom stereocenters. The van der Waals surface area contributed by atoms with Gasteiger partial charge in [0, 0.05) is 19.7 Å². The Hall–Kier alpha value is -1.55. The fourth-order valence-corrected chi connectivity index (χ4v) is 2.91. The van der Waals surface area contributed by atoms with Crippen molar-refractivity contribution in [2.75, 3.05) is 19.7 Å². The van der Waals surface area contributed by atoms with Crippen LogP contribution in [0.15, 0.2) is 29.3 Å². The first-order valence-corrected chi connectivity index (χ1v) is 8.97. The van der Waals surface area contributed by atoms with Crippen LogP contribution in [0.5, 0.6) is 0 Å². The van der Waals surface area contributed by atoms with Gasteiger partial charge in [-0.15, -0.1) is 0 Å². The van der Waals surface area contributed by atoms with Crippen LogP contribution in [0.25, 0.3) is 0 Å². The fourth-order valence-electron chi connectivity index (χ4n) is 2.91. The minimum Gasteiger partial charge on any atom is -0.378 e. The van der Waals surface area contributed by atoms with Crippen LogP contribution in [0.2, 0.25) is 0 Å². The monoisotopic (exact) mass is 317 g/mol. The van der Waals surface area contributed by atoms with E-state index in [1.807, 2.05) is 0 Å². The van der Waals surface area contributed by atoms with Gasteiger partial charge < -0.3 is 15.4 Å². The Morgan fingerprint density at radius 3 is 2.83 bits per heavy atom. The molecule has 0 spiro atoms. The van der Waals surface area contributed by atoms with Gasteiger partial charge in [0.15, 0.2) is 5.96 Å². The van der Waals surface area contributed by atoms with Crippen molar-refractivity contribution in [3.8, 4) is 0 Å². The van der Waals surface area contributed by atoms with E-state index in [0.717, 1.165) is 32.1 Å². The predicted molar refractivity (Wildman–Crippen MR) is 96.8 cm³/mol. The molecule has 2 N–H and O–H groups in total. The Balaban J connectivity index is 1.68. The zero-order valence-electron chi connectivity index (χ0n) is 14.6. The van der Waals surface area contributed by atoms with E-state index in [1.54, 1.807) is 0 Å². The molecule has 0 amide bonds. The number of hydrogen-bond donors (Lipinski definition) is 2. The lowest BCUT2D eigenvalue weighted by atomic mass is 10.1. The van der Waals surface area contributed by atoms with E-state index in [-0.39, 0.29) is 0 Å². The third-order valence-electron chi connectivity index (χ3n) is 4.12. The number of nitrogens with zero attached hydrogens (tertiary/aromatic N) is 1. The Morgan fingerprint density at radius 2 is 2.09 bits per heavy atom. The van der Waals surface area contributed by atoms with Crippen LogP contribution in [0.1, 0.15) is 50.2 Å². The van der Waals surface area contributed by atoms with E-state index in [4.69, 9.17) is 4.74 Å². The van der Waals surface area contributed by atoms with Crippen molar-refractivity contribution < 1.29 is 4.74 Å². The van der Waals surface area contributed by atoms with E-state index >= 15 is 0 Å². The van der Waals surface area contributed by atoms with Gasteiger partial charge in [0.25, 0.3) is 0 Å². The van der Waals surface area contributed by atoms with Crippen LogP contribution < -0.4 is 10.6 Å². The van der Waals surface area contributed by atoms with E-state index < -0.39 is 0 Å². The fraction of sp³-hybridized carbons (Fsp3) is 0.632. The Kier molecular flexibility index (Phi) is 7.95. The number of hydrogen-bond acceptors (Lipinski definition) is 2. The van der Waals surface area contributed by atoms with Crippen LogP contribution in [-0.2, 0) is 11.3 Å². The van der Waals surface area contributed by atoms with Gasteiger partial charge in [0.2, 0.25) is 0 Å². The number of guanidine groups is 1. The summed E-state index contributed by atoms with van der Waals surface area (Å²) in [5, 5.41) is 6.69. The normalized spacial score (nSPS) is 15.8. The van der Waals surface area contributed by atoms with Crippen molar-refractivity contribution in [2.45, 2.75) is 58.6 Å². The smallest absolute Gasteiger partial charge is 0.191 e. The summed E-state index contributed by atoms with van der Waals surface area (Å²) >= 11 is 0. The number of ether oxygens (including phenoxy) is 1. The quantitative estimate of drug-likeness (QED) is 0.439. The minimum absolute atomic E-state index is 0.512. The molecule has 1 aliphatic carbocycles. The highest BCUT2D eigenvalue weighted by atomic mass is 16.5. The molecule has 0 heterocycles. The zero-order chi connectivity index (χ0) is 16.3. The molecule has 4 nitrogen and oxygen atoms in total. The largest absolute Gasteiger partial charge is 0.378 e. The molecule has 1 aromatic carbocycles. The van der Waals surface area contributed by atoms with Gasteiger partial charge in [-0.1, -0.05) is 42.7 Å². The molecule has 1 saturated carbocycles. The van der Waals surface area contributed by atoms with Crippen LogP contribution in [0, 0.1) is 6.92 Å². The maximum absolute atomic E-state index is 5.89. The molecule has 1 aromatic rings. The van der Waals surface area contributed by atoms with E-state index in [9.17, 15) is 0 Å². The van der Waals surface area contributed by atoms with Crippen LogP contribution in [0.4, 0.5) is 0 Å². The van der Waals surface area contributed by atoms with Gasteiger partial charge in [-0.3, -0.25) is 0 Å². The summed E-state index contributed by atoms with van der Waals surface area (Å²) < 4.78 is 5.89. The lowest BCUT2D eigenvalue weighted by Gasteiger charge is -2.13. The third-order valence-corrected chi connectivity index (χ3v) is 4.12. The van der Waals surface area contributed by atoms with Gasteiger partial charge in [-0.2, -0.15) is 0 Å². The summed E-state index contributed by atoms with van der Waals surface area (Å²) in [5.74, 6) is 0.884. The Bertz CT molecular complexity index is 481. The molecule has 128 valence electrons. The van der Waals surface area contributed by atoms with Crippen molar-refractivity contribution >= 4 is 5.96 Å². The van der Waals surface area contributed by atoms with Gasteiger partial charge in [-0.25, -0.2) is 4.99 Å². The van der Waals surface area contributed by atoms with Crippen molar-refractivity contribution in [2.24, 2.45) is 4.99 Å². The molecular formula is C19H31N3O. The highest BCUT2D eigenvalue weighted by molar-refractivity contribution is 5.79. The minimum atomic E-state index is 0.512. The number of rotatable bonds is 8. The molecule has 0 aliphatic heterocycles. The second kappa shape index (κ2) is 10.3. The second-order valence-corrected chi connectivity index (χ2v) is 6.24. The number of nitrogens with one attached hydrogen (secondary N) is 2. The molecule has 0 unspecified atom stereocenters. The first-order chi connectivity index (χ1) is 11.3. The van der Waals surface area contributed by atoms with Crippen LogP contribution >= 0.6 is 0 Å². The van der Waals surface area contributed by atoms with Gasteiger partial charge >= 0.3 is 0 Å². The predicted octanol–water partition coefficient (Wildman–Crippen LogP) is 3.40. The molecule has 1 fully saturated rings. The topological polar surface area (TPSA) is 45.7 Å². The third kappa shape index (κ3) is 7.04. The average Bonchev–Trinajstić information content (AvgIpc) is 3.05. The van der Waals surface area contributed by atoms with Gasteiger partial charge in [-0.05, 0) is 38.7 Å². The van der Waals surface area contributed by atoms with Crippen molar-refractivity contribution in [3.63, 3.8) is 0 Å². The maximum atomic E-state index is 5.89. The first kappa shape index (κ1) is 17.8. The van der Waals surface area contributed by atoms with E-state index in [2.05, 4.69) is 53.7 Å². The van der Waals surface area contributed by atoms with Crippen molar-refractivity contribution in [1.82, 2.24) is 10.6 Å². The van der Waals surface area contributed by atoms with Gasteiger partial charge in [0.1, 0.15) is 0 Å².